The van der Waals surface area contributed by atoms with Crippen LogP contribution in [0, 0.1) is 5.92 Å². The lowest BCUT2D eigenvalue weighted by Crippen LogP contribution is -2.41. The van der Waals surface area contributed by atoms with Gasteiger partial charge in [0.1, 0.15) is 0 Å². The summed E-state index contributed by atoms with van der Waals surface area (Å²) in [5, 5.41) is 5.32. The molecule has 0 spiro atoms. The van der Waals surface area contributed by atoms with E-state index in [4.69, 9.17) is 5.73 Å². The number of hydrogen-bond acceptors (Lipinski definition) is 3. The summed E-state index contributed by atoms with van der Waals surface area (Å²) in [5.74, 6) is -0.521. The Morgan fingerprint density at radius 2 is 2.14 bits per heavy atom. The molecule has 0 aromatic carbocycles. The molecule has 5 nitrogen and oxygen atoms in total. The molecule has 14 heavy (non-hydrogen) atoms. The van der Waals surface area contributed by atoms with Gasteiger partial charge < -0.3 is 16.4 Å². The summed E-state index contributed by atoms with van der Waals surface area (Å²) >= 11 is 0. The third-order valence-electron chi connectivity index (χ3n) is 2.17. The van der Waals surface area contributed by atoms with Crippen LogP contribution in [0.3, 0.4) is 0 Å². The molecule has 80 valence electrons. The van der Waals surface area contributed by atoms with Gasteiger partial charge in [0.15, 0.2) is 0 Å². The van der Waals surface area contributed by atoms with E-state index in [0.29, 0.717) is 12.6 Å². The summed E-state index contributed by atoms with van der Waals surface area (Å²) < 4.78 is 0. The van der Waals surface area contributed by atoms with Gasteiger partial charge in [0.2, 0.25) is 11.8 Å². The lowest BCUT2D eigenvalue weighted by Gasteiger charge is -2.09. The molecule has 1 aliphatic rings. The summed E-state index contributed by atoms with van der Waals surface area (Å²) in [5.41, 5.74) is 5.31. The van der Waals surface area contributed by atoms with Gasteiger partial charge in [0.25, 0.3) is 0 Å². The minimum absolute atomic E-state index is 0.0552. The van der Waals surface area contributed by atoms with Crippen LogP contribution in [0.25, 0.3) is 0 Å². The SMILES string of the molecule is CC(CN)C(=O)NCC(=O)NC1CC1. The minimum atomic E-state index is -0.233. The van der Waals surface area contributed by atoms with Crippen molar-refractivity contribution in [1.29, 1.82) is 0 Å². The van der Waals surface area contributed by atoms with E-state index in [9.17, 15) is 9.59 Å². The van der Waals surface area contributed by atoms with Gasteiger partial charge in [-0.05, 0) is 12.8 Å². The molecule has 1 aliphatic carbocycles. The molecular formula is C9H17N3O2. The van der Waals surface area contributed by atoms with Gasteiger partial charge in [0, 0.05) is 18.5 Å². The Morgan fingerprint density at radius 1 is 1.50 bits per heavy atom. The van der Waals surface area contributed by atoms with Crippen LogP contribution >= 0.6 is 0 Å². The van der Waals surface area contributed by atoms with Gasteiger partial charge in [-0.3, -0.25) is 9.59 Å². The average Bonchev–Trinajstić information content (AvgIpc) is 2.96. The van der Waals surface area contributed by atoms with Crippen LogP contribution in [0.4, 0.5) is 0 Å². The Morgan fingerprint density at radius 3 is 2.64 bits per heavy atom. The molecule has 0 bridgehead atoms. The average molecular weight is 199 g/mol. The molecule has 2 amide bonds. The first-order chi connectivity index (χ1) is 6.63. The van der Waals surface area contributed by atoms with Crippen molar-refractivity contribution in [3.8, 4) is 0 Å². The maximum absolute atomic E-state index is 11.2. The van der Waals surface area contributed by atoms with Crippen molar-refractivity contribution in [2.45, 2.75) is 25.8 Å². The summed E-state index contributed by atoms with van der Waals surface area (Å²) in [7, 11) is 0. The van der Waals surface area contributed by atoms with E-state index in [1.54, 1.807) is 6.92 Å². The van der Waals surface area contributed by atoms with Gasteiger partial charge in [-0.2, -0.15) is 0 Å². The Bertz CT molecular complexity index is 226. The monoisotopic (exact) mass is 199 g/mol. The van der Waals surface area contributed by atoms with Crippen LogP contribution < -0.4 is 16.4 Å². The molecule has 0 aromatic rings. The first kappa shape index (κ1) is 11.0. The van der Waals surface area contributed by atoms with Gasteiger partial charge in [-0.1, -0.05) is 6.92 Å². The van der Waals surface area contributed by atoms with Crippen molar-refractivity contribution in [1.82, 2.24) is 10.6 Å². The predicted molar refractivity (Wildman–Crippen MR) is 52.4 cm³/mol. The second kappa shape index (κ2) is 4.95. The van der Waals surface area contributed by atoms with Crippen LogP contribution in [-0.2, 0) is 9.59 Å². The molecule has 5 heteroatoms. The predicted octanol–water partition coefficient (Wildman–Crippen LogP) is -1.02. The Labute approximate surface area is 83.4 Å². The number of hydrogen-bond donors (Lipinski definition) is 3. The summed E-state index contributed by atoms with van der Waals surface area (Å²) in [4.78, 5) is 22.4. The maximum atomic E-state index is 11.2. The van der Waals surface area contributed by atoms with E-state index in [1.165, 1.54) is 0 Å². The largest absolute Gasteiger partial charge is 0.352 e. The number of rotatable bonds is 5. The zero-order valence-corrected chi connectivity index (χ0v) is 8.38. The second-order valence-electron chi connectivity index (χ2n) is 3.70. The van der Waals surface area contributed by atoms with Crippen LogP contribution in [0.5, 0.6) is 0 Å². The van der Waals surface area contributed by atoms with Crippen molar-refractivity contribution in [2.75, 3.05) is 13.1 Å². The number of nitrogens with two attached hydrogens (primary N) is 1. The van der Waals surface area contributed by atoms with Crippen molar-refractivity contribution in [2.24, 2.45) is 11.7 Å². The van der Waals surface area contributed by atoms with E-state index in [0.717, 1.165) is 12.8 Å². The first-order valence-electron chi connectivity index (χ1n) is 4.90. The highest BCUT2D eigenvalue weighted by Gasteiger charge is 2.23. The van der Waals surface area contributed by atoms with E-state index in [1.807, 2.05) is 0 Å². The van der Waals surface area contributed by atoms with Crippen LogP contribution in [-0.4, -0.2) is 30.9 Å². The fourth-order valence-electron chi connectivity index (χ4n) is 0.955. The molecule has 0 heterocycles. The molecule has 0 aromatic heterocycles. The molecule has 1 saturated carbocycles. The Balaban J connectivity index is 2.11. The van der Waals surface area contributed by atoms with Gasteiger partial charge in [-0.25, -0.2) is 0 Å². The summed E-state index contributed by atoms with van der Waals surface area (Å²) in [6, 6.07) is 0.339. The normalized spacial score (nSPS) is 17.3. The summed E-state index contributed by atoms with van der Waals surface area (Å²) in [6.45, 7) is 2.09. The van der Waals surface area contributed by atoms with E-state index in [2.05, 4.69) is 10.6 Å². The van der Waals surface area contributed by atoms with E-state index >= 15 is 0 Å². The zero-order chi connectivity index (χ0) is 10.6. The molecule has 1 atom stereocenters. The molecule has 1 rings (SSSR count). The second-order valence-corrected chi connectivity index (χ2v) is 3.70. The molecule has 0 radical (unpaired) electrons. The van der Waals surface area contributed by atoms with Crippen LogP contribution in [0.2, 0.25) is 0 Å². The van der Waals surface area contributed by atoms with Crippen molar-refractivity contribution in [3.05, 3.63) is 0 Å². The molecular weight excluding hydrogens is 182 g/mol. The van der Waals surface area contributed by atoms with Crippen molar-refractivity contribution < 1.29 is 9.59 Å². The minimum Gasteiger partial charge on any atom is -0.352 e. The van der Waals surface area contributed by atoms with Gasteiger partial charge >= 0.3 is 0 Å². The Kier molecular flexibility index (Phi) is 3.88. The third-order valence-corrected chi connectivity index (χ3v) is 2.17. The standard InChI is InChI=1S/C9H17N3O2/c1-6(4-10)9(14)11-5-8(13)12-7-2-3-7/h6-7H,2-5,10H2,1H3,(H,11,14)(H,12,13). The fourth-order valence-corrected chi connectivity index (χ4v) is 0.955. The quantitative estimate of drug-likeness (QED) is 0.529. The molecule has 1 fully saturated rings. The number of carbonyl (C=O) groups excluding carboxylic acids is 2. The van der Waals surface area contributed by atoms with Gasteiger partial charge in [-0.15, -0.1) is 0 Å². The van der Waals surface area contributed by atoms with E-state index in [-0.39, 0.29) is 24.3 Å². The molecule has 0 aliphatic heterocycles. The van der Waals surface area contributed by atoms with Crippen molar-refractivity contribution >= 4 is 11.8 Å². The molecule has 0 saturated heterocycles. The highest BCUT2D eigenvalue weighted by molar-refractivity contribution is 5.85. The number of nitrogens with one attached hydrogen (secondary N) is 2. The van der Waals surface area contributed by atoms with Crippen molar-refractivity contribution in [3.63, 3.8) is 0 Å². The zero-order valence-electron chi connectivity index (χ0n) is 8.38. The van der Waals surface area contributed by atoms with Gasteiger partial charge in [0.05, 0.1) is 6.54 Å². The number of amides is 2. The topological polar surface area (TPSA) is 84.2 Å². The summed E-state index contributed by atoms with van der Waals surface area (Å²) in [6.07, 6.45) is 2.11. The molecule has 4 N–H and O–H groups in total. The lowest BCUT2D eigenvalue weighted by atomic mass is 10.2. The highest BCUT2D eigenvalue weighted by atomic mass is 16.2. The third kappa shape index (κ3) is 3.74. The smallest absolute Gasteiger partial charge is 0.239 e. The van der Waals surface area contributed by atoms with Crippen LogP contribution in [0.1, 0.15) is 19.8 Å². The highest BCUT2D eigenvalue weighted by Crippen LogP contribution is 2.18. The van der Waals surface area contributed by atoms with E-state index < -0.39 is 0 Å². The first-order valence-corrected chi connectivity index (χ1v) is 4.90. The maximum Gasteiger partial charge on any atom is 0.239 e. The molecule has 1 unspecified atom stereocenters. The lowest BCUT2D eigenvalue weighted by molar-refractivity contribution is -0.128. The number of carbonyl (C=O) groups is 2. The fraction of sp³-hybridized carbons (Fsp3) is 0.778. The van der Waals surface area contributed by atoms with Crippen LogP contribution in [0.15, 0.2) is 0 Å². The Hall–Kier alpha value is -1.10.